The number of fused-ring (bicyclic) bond motifs is 1. The maximum atomic E-state index is 13.5. The number of carbonyl (C=O) groups excluding carboxylic acids is 1. The largest absolute Gasteiger partial charge is 0.442 e. The second-order valence-electron chi connectivity index (χ2n) is 8.05. The summed E-state index contributed by atoms with van der Waals surface area (Å²) in [5, 5.41) is 1.65. The Morgan fingerprint density at radius 1 is 1.28 bits per heavy atom. The van der Waals surface area contributed by atoms with Gasteiger partial charge in [0.1, 0.15) is 11.9 Å². The first-order valence-electron chi connectivity index (χ1n) is 9.81. The molecule has 10 heteroatoms. The van der Waals surface area contributed by atoms with Gasteiger partial charge in [-0.15, -0.1) is 0 Å². The topological polar surface area (TPSA) is 81.5 Å². The van der Waals surface area contributed by atoms with Gasteiger partial charge in [-0.25, -0.2) is 9.78 Å². The summed E-state index contributed by atoms with van der Waals surface area (Å²) in [5.74, 6) is 0.313. The molecule has 170 valence electrons. The molecule has 3 aromatic rings. The van der Waals surface area contributed by atoms with Crippen molar-refractivity contribution in [2.75, 3.05) is 10.8 Å². The maximum Gasteiger partial charge on any atom is 0.434 e. The van der Waals surface area contributed by atoms with Crippen LogP contribution in [0.25, 0.3) is 10.9 Å². The minimum atomic E-state index is -1.44. The zero-order valence-electron chi connectivity index (χ0n) is 18.3. The molecule has 7 nitrogen and oxygen atoms in total. The number of nitrogens with zero attached hydrogens (tertiary/aromatic N) is 3. The Morgan fingerprint density at radius 2 is 1.97 bits per heavy atom. The molecular formula is C22H23BrClN3O4S. The molecule has 0 aliphatic carbocycles. The van der Waals surface area contributed by atoms with E-state index in [0.29, 0.717) is 26.6 Å². The molecule has 0 aliphatic heterocycles. The number of benzene rings is 2. The Kier molecular flexibility index (Phi) is 7.12. The van der Waals surface area contributed by atoms with Crippen molar-refractivity contribution in [3.8, 4) is 0 Å². The number of hydrogen-bond acceptors (Lipinski definition) is 5. The molecule has 0 spiro atoms. The molecule has 1 heterocycles. The van der Waals surface area contributed by atoms with Gasteiger partial charge in [-0.3, -0.25) is 9.00 Å². The summed E-state index contributed by atoms with van der Waals surface area (Å²) in [5.41, 5.74) is 0.253. The van der Waals surface area contributed by atoms with Gasteiger partial charge in [0.2, 0.25) is 0 Å². The molecule has 0 radical (unpaired) electrons. The van der Waals surface area contributed by atoms with Crippen LogP contribution < -0.4 is 10.6 Å². The monoisotopic (exact) mass is 539 g/mol. The van der Waals surface area contributed by atoms with Gasteiger partial charge in [-0.05, 0) is 63.6 Å². The fourth-order valence-corrected chi connectivity index (χ4v) is 4.41. The van der Waals surface area contributed by atoms with Crippen LogP contribution in [-0.4, -0.2) is 31.3 Å². The molecule has 0 fully saturated rings. The number of hydrogen-bond donors (Lipinski definition) is 0. The van der Waals surface area contributed by atoms with E-state index in [0.717, 1.165) is 19.7 Å². The lowest BCUT2D eigenvalue weighted by atomic mass is 10.2. The molecule has 1 atom stereocenters. The van der Waals surface area contributed by atoms with Gasteiger partial charge in [0.05, 0.1) is 32.3 Å². The lowest BCUT2D eigenvalue weighted by Gasteiger charge is -2.29. The molecule has 1 unspecified atom stereocenters. The second kappa shape index (κ2) is 9.33. The van der Waals surface area contributed by atoms with E-state index < -0.39 is 28.1 Å². The summed E-state index contributed by atoms with van der Waals surface area (Å²) in [6.45, 7) is 8.80. The van der Waals surface area contributed by atoms with Crippen molar-refractivity contribution in [2.24, 2.45) is 0 Å². The van der Waals surface area contributed by atoms with Gasteiger partial charge in [0, 0.05) is 15.2 Å². The summed E-state index contributed by atoms with van der Waals surface area (Å²) >= 11 is 9.66. The van der Waals surface area contributed by atoms with Crippen molar-refractivity contribution in [3.05, 3.63) is 62.1 Å². The van der Waals surface area contributed by atoms with Crippen LogP contribution in [-0.2, 0) is 15.5 Å². The Hall–Kier alpha value is -2.23. The van der Waals surface area contributed by atoms with Crippen LogP contribution in [0.5, 0.6) is 0 Å². The van der Waals surface area contributed by atoms with E-state index in [4.69, 9.17) is 16.3 Å². The molecule has 0 aliphatic rings. The highest BCUT2D eigenvalue weighted by atomic mass is 79.9. The molecule has 1 aromatic heterocycles. The van der Waals surface area contributed by atoms with Crippen LogP contribution in [0.1, 0.15) is 33.3 Å². The average Bonchev–Trinajstić information content (AvgIpc) is 2.70. The molecule has 32 heavy (non-hydrogen) atoms. The first-order valence-corrected chi connectivity index (χ1v) is 12.3. The van der Waals surface area contributed by atoms with E-state index >= 15 is 0 Å². The predicted octanol–water partition coefficient (Wildman–Crippen LogP) is 5.45. The first kappa shape index (κ1) is 24.4. The van der Waals surface area contributed by atoms with Gasteiger partial charge in [-0.1, -0.05) is 34.5 Å². The highest BCUT2D eigenvalue weighted by Crippen LogP contribution is 2.30. The number of aryl methyl sites for hydroxylation is 1. The lowest BCUT2D eigenvalue weighted by molar-refractivity contribution is 0.0561. The van der Waals surface area contributed by atoms with E-state index in [1.165, 1.54) is 12.4 Å². The second-order valence-corrected chi connectivity index (χ2v) is 11.1. The number of rotatable bonds is 4. The number of halogens is 2. The van der Waals surface area contributed by atoms with Gasteiger partial charge >= 0.3 is 6.09 Å². The minimum Gasteiger partial charge on any atom is -0.442 e. The third-order valence-electron chi connectivity index (χ3n) is 4.46. The van der Waals surface area contributed by atoms with Crippen LogP contribution in [0.4, 0.5) is 10.5 Å². The Labute approximate surface area is 201 Å². The average molecular weight is 541 g/mol. The number of carbonyl (C=O) groups is 1. The van der Waals surface area contributed by atoms with Crippen LogP contribution in [0, 0.1) is 6.92 Å². The molecule has 0 N–H and O–H groups in total. The highest BCUT2D eigenvalue weighted by Gasteiger charge is 2.29. The van der Waals surface area contributed by atoms with E-state index in [1.807, 2.05) is 6.92 Å². The predicted molar refractivity (Wildman–Crippen MR) is 131 cm³/mol. The molecule has 2 aromatic carbocycles. The molecule has 0 saturated heterocycles. The number of ether oxygens (including phenoxy) is 1. The smallest absolute Gasteiger partial charge is 0.434 e. The third-order valence-corrected chi connectivity index (χ3v) is 6.91. The van der Waals surface area contributed by atoms with Gasteiger partial charge in [0.25, 0.3) is 5.56 Å². The maximum absolute atomic E-state index is 13.5. The van der Waals surface area contributed by atoms with Crippen molar-refractivity contribution in [1.29, 1.82) is 0 Å². The molecular weight excluding hydrogens is 518 g/mol. The molecule has 0 saturated carbocycles. The number of anilines is 1. The lowest BCUT2D eigenvalue weighted by Crippen LogP contribution is -2.46. The van der Waals surface area contributed by atoms with Crippen molar-refractivity contribution in [1.82, 2.24) is 9.66 Å². The fraction of sp³-hybridized carbons (Fsp3) is 0.318. The van der Waals surface area contributed by atoms with Crippen molar-refractivity contribution in [3.63, 3.8) is 0 Å². The summed E-state index contributed by atoms with van der Waals surface area (Å²) < 4.78 is 20.1. The van der Waals surface area contributed by atoms with Gasteiger partial charge < -0.3 is 4.74 Å². The van der Waals surface area contributed by atoms with E-state index in [1.54, 1.807) is 52.0 Å². The Morgan fingerprint density at radius 3 is 2.59 bits per heavy atom. The highest BCUT2D eigenvalue weighted by molar-refractivity contribution is 9.10. The van der Waals surface area contributed by atoms with E-state index in [2.05, 4.69) is 20.9 Å². The zero-order valence-corrected chi connectivity index (χ0v) is 21.5. The van der Waals surface area contributed by atoms with E-state index in [9.17, 15) is 13.8 Å². The van der Waals surface area contributed by atoms with Crippen LogP contribution in [0.3, 0.4) is 0 Å². The molecule has 0 bridgehead atoms. The summed E-state index contributed by atoms with van der Waals surface area (Å²) in [7, 11) is -1.44. The standard InChI is InChI=1S/C22H23BrClN3O4S/c1-6-32(30)19-8-7-14(24)10-18(19)27(21(29)31-22(3,4)5)26-12-25-17-9-13(2)16(23)11-15(17)20(26)28/h7-12H,6H2,1-5H3. The number of aromatic nitrogens is 2. The minimum absolute atomic E-state index is 0.182. The van der Waals surface area contributed by atoms with Gasteiger partial charge in [-0.2, -0.15) is 9.69 Å². The first-order chi connectivity index (χ1) is 14.9. The summed E-state index contributed by atoms with van der Waals surface area (Å²) in [6, 6.07) is 8.08. The van der Waals surface area contributed by atoms with Crippen LogP contribution >= 0.6 is 27.5 Å². The SMILES string of the molecule is CCS(=O)c1ccc(Cl)cc1N(C(=O)OC(C)(C)C)n1cnc2cc(C)c(Br)cc2c1=O. The summed E-state index contributed by atoms with van der Waals surface area (Å²) in [6.07, 6.45) is 0.421. The molecule has 1 amide bonds. The number of amides is 1. The van der Waals surface area contributed by atoms with Crippen molar-refractivity contribution >= 4 is 61.0 Å². The summed E-state index contributed by atoms with van der Waals surface area (Å²) in [4.78, 5) is 31.5. The fourth-order valence-electron chi connectivity index (χ4n) is 2.99. The van der Waals surface area contributed by atoms with Gasteiger partial charge in [0.15, 0.2) is 0 Å². The van der Waals surface area contributed by atoms with Crippen LogP contribution in [0.15, 0.2) is 50.8 Å². The normalized spacial score (nSPS) is 12.6. The molecule has 3 rings (SSSR count). The Bertz CT molecular complexity index is 1290. The quantitative estimate of drug-likeness (QED) is 0.439. The van der Waals surface area contributed by atoms with Crippen LogP contribution in [0.2, 0.25) is 5.02 Å². The van der Waals surface area contributed by atoms with Crippen molar-refractivity contribution < 1.29 is 13.7 Å². The Balaban J connectivity index is 2.33. The van der Waals surface area contributed by atoms with E-state index in [-0.39, 0.29) is 5.69 Å². The zero-order chi connectivity index (χ0) is 23.8. The van der Waals surface area contributed by atoms with Crippen molar-refractivity contribution in [2.45, 2.75) is 45.1 Å². The third kappa shape index (κ3) is 5.05.